The van der Waals surface area contributed by atoms with Crippen LogP contribution in [0.25, 0.3) is 0 Å². The van der Waals surface area contributed by atoms with Crippen LogP contribution in [0.1, 0.15) is 5.56 Å². The van der Waals surface area contributed by atoms with Gasteiger partial charge in [0.2, 0.25) is 0 Å². The maximum Gasteiger partial charge on any atom is 0.292 e. The van der Waals surface area contributed by atoms with Gasteiger partial charge in [0.1, 0.15) is 22.6 Å². The molecule has 4 nitrogen and oxygen atoms in total. The van der Waals surface area contributed by atoms with Crippen LogP contribution in [0.3, 0.4) is 0 Å². The van der Waals surface area contributed by atoms with Crippen LogP contribution in [0.4, 0.5) is 0 Å². The van der Waals surface area contributed by atoms with E-state index in [0.29, 0.717) is 23.3 Å². The highest BCUT2D eigenvalue weighted by Crippen LogP contribution is 2.33. The molecule has 0 amide bonds. The van der Waals surface area contributed by atoms with Gasteiger partial charge < -0.3 is 14.6 Å². The first-order valence-electron chi connectivity index (χ1n) is 5.79. The van der Waals surface area contributed by atoms with E-state index < -0.39 is 0 Å². The number of halogens is 1. The molecule has 0 bridgehead atoms. The summed E-state index contributed by atoms with van der Waals surface area (Å²) in [5.41, 5.74) is 1.10. The van der Waals surface area contributed by atoms with Gasteiger partial charge in [0.05, 0.1) is 7.11 Å². The molecule has 0 aliphatic rings. The summed E-state index contributed by atoms with van der Waals surface area (Å²) in [6, 6.07) is 15.1. The molecule has 0 aliphatic heterocycles. The van der Waals surface area contributed by atoms with Crippen LogP contribution in [-0.4, -0.2) is 18.7 Å². The van der Waals surface area contributed by atoms with Gasteiger partial charge in [0.15, 0.2) is 0 Å². The normalized spacial score (nSPS) is 9.10. The number of phenols is 1. The van der Waals surface area contributed by atoms with Crippen LogP contribution in [0.2, 0.25) is 0 Å². The third kappa shape index (κ3) is 5.32. The Hall–Kier alpha value is -2.01. The first-order valence-corrected chi connectivity index (χ1v) is 6.59. The molecule has 2 aromatic carbocycles. The van der Waals surface area contributed by atoms with Crippen LogP contribution in [0, 0.1) is 0 Å². The average Bonchev–Trinajstić information content (AvgIpc) is 2.50. The lowest BCUT2D eigenvalue weighted by molar-refractivity contribution is -0.126. The molecule has 0 saturated carbocycles. The van der Waals surface area contributed by atoms with Gasteiger partial charge in [0, 0.05) is 0 Å². The summed E-state index contributed by atoms with van der Waals surface area (Å²) < 4.78 is 10.0. The van der Waals surface area contributed by atoms with Crippen LogP contribution >= 0.6 is 15.9 Å². The minimum absolute atomic E-state index is 0.186. The fourth-order valence-electron chi connectivity index (χ4n) is 1.35. The van der Waals surface area contributed by atoms with E-state index in [2.05, 4.69) is 20.7 Å². The second-order valence-electron chi connectivity index (χ2n) is 3.70. The van der Waals surface area contributed by atoms with E-state index in [-0.39, 0.29) is 5.75 Å². The van der Waals surface area contributed by atoms with Crippen molar-refractivity contribution in [1.29, 1.82) is 0 Å². The van der Waals surface area contributed by atoms with Crippen LogP contribution in [0.15, 0.2) is 53.0 Å². The van der Waals surface area contributed by atoms with E-state index >= 15 is 0 Å². The molecule has 0 atom stereocenters. The molecule has 0 unspecified atom stereocenters. The summed E-state index contributed by atoms with van der Waals surface area (Å²) in [4.78, 5) is 8.95. The second-order valence-corrected chi connectivity index (χ2v) is 4.49. The molecular weight excluding hydrogens is 324 g/mol. The number of aromatic hydroxyl groups is 1. The van der Waals surface area contributed by atoms with Crippen molar-refractivity contribution >= 4 is 22.4 Å². The van der Waals surface area contributed by atoms with Crippen molar-refractivity contribution in [1.82, 2.24) is 0 Å². The molecule has 0 aromatic heterocycles. The summed E-state index contributed by atoms with van der Waals surface area (Å²) in [5.74, 6) is 0.828. The van der Waals surface area contributed by atoms with Crippen LogP contribution in [-0.2, 0) is 16.1 Å². The summed E-state index contributed by atoms with van der Waals surface area (Å²) in [6.07, 6.45) is 0. The number of carbonyl (C=O) groups is 1. The molecule has 0 heterocycles. The smallest absolute Gasteiger partial charge is 0.292 e. The minimum atomic E-state index is 0.186. The molecule has 0 fully saturated rings. The van der Waals surface area contributed by atoms with Gasteiger partial charge in [-0.25, -0.2) is 0 Å². The van der Waals surface area contributed by atoms with E-state index in [9.17, 15) is 5.11 Å². The number of ether oxygens (including phenoxy) is 2. The maximum atomic E-state index is 9.47. The molecule has 0 aliphatic carbocycles. The van der Waals surface area contributed by atoms with E-state index in [1.165, 1.54) is 7.11 Å². The molecule has 20 heavy (non-hydrogen) atoms. The predicted molar refractivity (Wildman–Crippen MR) is 79.7 cm³/mol. The summed E-state index contributed by atoms with van der Waals surface area (Å²) in [5, 5.41) is 9.47. The Morgan fingerprint density at radius 3 is 2.40 bits per heavy atom. The Balaban J connectivity index is 0.000000444. The Bertz CT molecular complexity index is 529. The van der Waals surface area contributed by atoms with Crippen molar-refractivity contribution in [2.24, 2.45) is 0 Å². The average molecular weight is 339 g/mol. The number of rotatable bonds is 4. The van der Waals surface area contributed by atoms with Crippen molar-refractivity contribution in [3.63, 3.8) is 0 Å². The number of benzene rings is 2. The number of phenolic OH excluding ortho intramolecular Hbond substituents is 1. The highest BCUT2D eigenvalue weighted by molar-refractivity contribution is 9.10. The van der Waals surface area contributed by atoms with Gasteiger partial charge in [-0.05, 0) is 33.6 Å². The van der Waals surface area contributed by atoms with Crippen molar-refractivity contribution in [3.8, 4) is 11.5 Å². The zero-order valence-electron chi connectivity index (χ0n) is 11.0. The lowest BCUT2D eigenvalue weighted by atomic mass is 10.2. The number of methoxy groups -OCH3 is 1. The van der Waals surface area contributed by atoms with Gasteiger partial charge in [0.25, 0.3) is 6.47 Å². The van der Waals surface area contributed by atoms with Crippen molar-refractivity contribution in [2.75, 3.05) is 7.11 Å². The van der Waals surface area contributed by atoms with Gasteiger partial charge in [-0.1, -0.05) is 36.4 Å². The molecule has 2 aromatic rings. The predicted octanol–water partition coefficient (Wildman–Crippen LogP) is 3.52. The van der Waals surface area contributed by atoms with Gasteiger partial charge in [-0.2, -0.15) is 0 Å². The highest BCUT2D eigenvalue weighted by atomic mass is 79.9. The standard InChI is InChI=1S/C13H11BrO2.C2H4O2/c14-13-11(15)7-4-8-12(13)16-9-10-5-2-1-3-6-10;1-4-2-3/h1-8,15H,9H2;2H,1H3. The lowest BCUT2D eigenvalue weighted by Crippen LogP contribution is -1.95. The van der Waals surface area contributed by atoms with Crippen LogP contribution < -0.4 is 4.74 Å². The molecule has 2 rings (SSSR count). The zero-order valence-corrected chi connectivity index (χ0v) is 12.5. The summed E-state index contributed by atoms with van der Waals surface area (Å²) in [7, 11) is 1.31. The molecular formula is C15H15BrO4. The molecule has 0 saturated heterocycles. The Kier molecular flexibility index (Phi) is 7.21. The first-order chi connectivity index (χ1) is 9.69. The van der Waals surface area contributed by atoms with Crippen molar-refractivity contribution in [2.45, 2.75) is 6.61 Å². The number of hydrogen-bond donors (Lipinski definition) is 1. The largest absolute Gasteiger partial charge is 0.507 e. The Morgan fingerprint density at radius 2 is 1.80 bits per heavy atom. The van der Waals surface area contributed by atoms with Gasteiger partial charge in [-0.3, -0.25) is 4.79 Å². The van der Waals surface area contributed by atoms with Crippen molar-refractivity contribution in [3.05, 3.63) is 58.6 Å². The monoisotopic (exact) mass is 338 g/mol. The molecule has 1 N–H and O–H groups in total. The Morgan fingerprint density at radius 1 is 1.15 bits per heavy atom. The van der Waals surface area contributed by atoms with E-state index in [1.807, 2.05) is 36.4 Å². The quantitative estimate of drug-likeness (QED) is 0.866. The fourth-order valence-corrected chi connectivity index (χ4v) is 1.72. The second kappa shape index (κ2) is 8.98. The van der Waals surface area contributed by atoms with Gasteiger partial charge >= 0.3 is 0 Å². The molecule has 5 heteroatoms. The van der Waals surface area contributed by atoms with E-state index in [0.717, 1.165) is 5.56 Å². The third-order valence-electron chi connectivity index (χ3n) is 2.28. The number of carbonyl (C=O) groups excluding carboxylic acids is 1. The topological polar surface area (TPSA) is 55.8 Å². The van der Waals surface area contributed by atoms with Crippen LogP contribution in [0.5, 0.6) is 11.5 Å². The molecule has 0 spiro atoms. The summed E-state index contributed by atoms with van der Waals surface area (Å²) >= 11 is 3.28. The zero-order chi connectivity index (χ0) is 14.8. The van der Waals surface area contributed by atoms with E-state index in [4.69, 9.17) is 9.53 Å². The third-order valence-corrected chi connectivity index (χ3v) is 3.07. The van der Waals surface area contributed by atoms with E-state index in [1.54, 1.807) is 12.1 Å². The van der Waals surface area contributed by atoms with Crippen molar-refractivity contribution < 1.29 is 19.4 Å². The first kappa shape index (κ1) is 16.0. The lowest BCUT2D eigenvalue weighted by Gasteiger charge is -2.08. The summed E-state index contributed by atoms with van der Waals surface area (Å²) in [6.45, 7) is 0.864. The molecule has 106 valence electrons. The minimum Gasteiger partial charge on any atom is -0.507 e. The fraction of sp³-hybridized carbons (Fsp3) is 0.133. The number of hydrogen-bond acceptors (Lipinski definition) is 4. The SMILES string of the molecule is COC=O.Oc1cccc(OCc2ccccc2)c1Br. The highest BCUT2D eigenvalue weighted by Gasteiger charge is 2.05. The molecule has 0 radical (unpaired) electrons. The Labute approximate surface area is 126 Å². The maximum absolute atomic E-state index is 9.47. The van der Waals surface area contributed by atoms with Gasteiger partial charge in [-0.15, -0.1) is 0 Å².